The number of ketones is 1. The Morgan fingerprint density at radius 3 is 2.71 bits per heavy atom. The molecule has 1 aliphatic heterocycles. The number of amides is 1. The number of carbonyl (C=O) groups is 2. The highest BCUT2D eigenvalue weighted by Crippen LogP contribution is 2.47. The molecule has 42 heavy (non-hydrogen) atoms. The lowest BCUT2D eigenvalue weighted by Gasteiger charge is -2.38. The van der Waals surface area contributed by atoms with E-state index in [0.717, 1.165) is 28.6 Å². The summed E-state index contributed by atoms with van der Waals surface area (Å²) < 4.78 is 0.487. The fourth-order valence-corrected chi connectivity index (χ4v) is 6.77. The van der Waals surface area contributed by atoms with Crippen molar-refractivity contribution in [3.05, 3.63) is 92.4 Å². The van der Waals surface area contributed by atoms with Crippen molar-refractivity contribution >= 4 is 51.3 Å². The first kappa shape index (κ1) is 29.0. The van der Waals surface area contributed by atoms with E-state index in [2.05, 4.69) is 35.4 Å². The molecular weight excluding hydrogens is 574 g/mol. The molecule has 1 atom stereocenters. The van der Waals surface area contributed by atoms with Gasteiger partial charge < -0.3 is 11.1 Å². The van der Waals surface area contributed by atoms with Crippen LogP contribution in [0.1, 0.15) is 56.1 Å². The minimum atomic E-state index is -0.561. The molecule has 2 aromatic carbocycles. The van der Waals surface area contributed by atoms with Crippen LogP contribution in [-0.2, 0) is 9.59 Å². The topological polar surface area (TPSA) is 168 Å². The third-order valence-electron chi connectivity index (χ3n) is 7.10. The van der Waals surface area contributed by atoms with E-state index in [1.165, 1.54) is 29.5 Å². The highest BCUT2D eigenvalue weighted by atomic mass is 32.2. The van der Waals surface area contributed by atoms with E-state index in [1.807, 2.05) is 24.3 Å². The van der Waals surface area contributed by atoms with E-state index in [4.69, 9.17) is 5.73 Å². The van der Waals surface area contributed by atoms with Gasteiger partial charge in [-0.1, -0.05) is 67.3 Å². The fraction of sp³-hybridized carbons (Fsp3) is 0.276. The summed E-state index contributed by atoms with van der Waals surface area (Å²) in [5, 5.41) is 32.8. The summed E-state index contributed by atoms with van der Waals surface area (Å²) in [6.45, 7) is 4.21. The minimum Gasteiger partial charge on any atom is -0.384 e. The molecule has 0 spiro atoms. The number of nitriles is 1. The van der Waals surface area contributed by atoms with E-state index >= 15 is 0 Å². The van der Waals surface area contributed by atoms with Crippen molar-refractivity contribution < 1.29 is 14.5 Å². The Bertz CT molecular complexity index is 1670. The molecule has 3 aromatic rings. The maximum atomic E-state index is 13.3. The highest BCUT2D eigenvalue weighted by Gasteiger charge is 2.41. The Labute approximate surface area is 250 Å². The summed E-state index contributed by atoms with van der Waals surface area (Å²) >= 11 is 2.35. The number of benzene rings is 2. The molecular formula is C29H27N7O4S2. The van der Waals surface area contributed by atoms with E-state index in [0.29, 0.717) is 45.9 Å². The second-order valence-electron chi connectivity index (χ2n) is 10.1. The Morgan fingerprint density at radius 1 is 1.26 bits per heavy atom. The number of hydrogen-bond donors (Lipinski definition) is 2. The molecule has 0 saturated carbocycles. The number of hydrogen-bond acceptors (Lipinski definition) is 11. The number of nitro groups is 1. The predicted octanol–water partition coefficient (Wildman–Crippen LogP) is 5.61. The van der Waals surface area contributed by atoms with Crippen LogP contribution >= 0.6 is 23.1 Å². The number of aromatic nitrogens is 2. The molecule has 0 bridgehead atoms. The van der Waals surface area contributed by atoms with Crippen LogP contribution in [0.3, 0.4) is 0 Å². The van der Waals surface area contributed by atoms with Gasteiger partial charge in [0.25, 0.3) is 5.69 Å². The standard InChI is InChI=1S/C29H27N7O4S2/c1-16(2)17-9-11-18(12-10-17)25-21(14-30)27(31)35(22-7-4-8-23(37)26(22)25)28-33-34-29(42-28)41-15-24(38)32-19-5-3-6-20(13-19)36(39)40/h3,5-6,9-13,16,25H,4,7-8,15,31H2,1-2H3,(H,32,38). The number of non-ortho nitro benzene ring substituents is 1. The number of nitrogens with zero attached hydrogens (tertiary/aromatic N) is 5. The Balaban J connectivity index is 1.39. The van der Waals surface area contributed by atoms with Crippen LogP contribution in [0, 0.1) is 21.4 Å². The Hall–Kier alpha value is -4.54. The van der Waals surface area contributed by atoms with E-state index < -0.39 is 10.8 Å². The average Bonchev–Trinajstić information content (AvgIpc) is 3.44. The highest BCUT2D eigenvalue weighted by molar-refractivity contribution is 8.01. The van der Waals surface area contributed by atoms with Crippen LogP contribution in [-0.4, -0.2) is 32.6 Å². The van der Waals surface area contributed by atoms with Gasteiger partial charge in [-0.3, -0.25) is 24.6 Å². The zero-order valence-electron chi connectivity index (χ0n) is 22.9. The maximum Gasteiger partial charge on any atom is 0.271 e. The maximum absolute atomic E-state index is 13.3. The molecule has 1 unspecified atom stereocenters. The van der Waals surface area contributed by atoms with Crippen molar-refractivity contribution in [2.45, 2.75) is 49.3 Å². The molecule has 1 aliphatic carbocycles. The van der Waals surface area contributed by atoms with Gasteiger partial charge in [0.2, 0.25) is 11.0 Å². The molecule has 3 N–H and O–H groups in total. The van der Waals surface area contributed by atoms with Crippen molar-refractivity contribution in [2.24, 2.45) is 5.73 Å². The van der Waals surface area contributed by atoms with E-state index in [9.17, 15) is 25.0 Å². The summed E-state index contributed by atoms with van der Waals surface area (Å²) in [5.41, 5.74) is 10.4. The number of nitrogens with two attached hydrogens (primary N) is 1. The number of nitrogens with one attached hydrogen (secondary N) is 1. The van der Waals surface area contributed by atoms with Gasteiger partial charge in [0.1, 0.15) is 5.82 Å². The van der Waals surface area contributed by atoms with Gasteiger partial charge in [0, 0.05) is 35.5 Å². The van der Waals surface area contributed by atoms with Crippen LogP contribution in [0.25, 0.3) is 0 Å². The van der Waals surface area contributed by atoms with E-state index in [-0.39, 0.29) is 34.5 Å². The minimum absolute atomic E-state index is 0.00697. The van der Waals surface area contributed by atoms with Crippen LogP contribution < -0.4 is 16.0 Å². The largest absolute Gasteiger partial charge is 0.384 e. The third-order valence-corrected chi connectivity index (χ3v) is 9.15. The average molecular weight is 602 g/mol. The fourth-order valence-electron chi connectivity index (χ4n) is 5.08. The third kappa shape index (κ3) is 5.77. The van der Waals surface area contributed by atoms with Crippen LogP contribution in [0.15, 0.2) is 75.5 Å². The van der Waals surface area contributed by atoms with Gasteiger partial charge in [0.15, 0.2) is 10.1 Å². The SMILES string of the molecule is CC(C)c1ccc(C2C(C#N)=C(N)N(c3nnc(SCC(=O)Nc4cccc([N+](=O)[O-])c4)s3)C3=C2C(=O)CCC3)cc1. The van der Waals surface area contributed by atoms with Gasteiger partial charge in [-0.05, 0) is 36.0 Å². The summed E-state index contributed by atoms with van der Waals surface area (Å²) in [7, 11) is 0. The monoisotopic (exact) mass is 601 g/mol. The molecule has 1 aromatic heterocycles. The molecule has 2 aliphatic rings. The number of allylic oxidation sites excluding steroid dienone is 3. The Kier molecular flexibility index (Phi) is 8.37. The number of anilines is 2. The number of nitro benzene ring substituents is 1. The van der Waals surface area contributed by atoms with Gasteiger partial charge in [-0.2, -0.15) is 5.26 Å². The van der Waals surface area contributed by atoms with Gasteiger partial charge >= 0.3 is 0 Å². The molecule has 1 amide bonds. The molecule has 0 saturated heterocycles. The Morgan fingerprint density at radius 2 is 2.02 bits per heavy atom. The first-order valence-corrected chi connectivity index (χ1v) is 15.0. The van der Waals surface area contributed by atoms with E-state index in [1.54, 1.807) is 11.0 Å². The predicted molar refractivity (Wildman–Crippen MR) is 161 cm³/mol. The lowest BCUT2D eigenvalue weighted by molar-refractivity contribution is -0.384. The second-order valence-corrected chi connectivity index (χ2v) is 12.3. The van der Waals surface area contributed by atoms with Crippen molar-refractivity contribution in [2.75, 3.05) is 16.0 Å². The quantitative estimate of drug-likeness (QED) is 0.188. The lowest BCUT2D eigenvalue weighted by atomic mass is 9.75. The van der Waals surface area contributed by atoms with Gasteiger partial charge in [0.05, 0.1) is 28.2 Å². The zero-order chi connectivity index (χ0) is 30.0. The summed E-state index contributed by atoms with van der Waals surface area (Å²) in [6, 6.07) is 15.9. The number of thioether (sulfide) groups is 1. The molecule has 2 heterocycles. The van der Waals surface area contributed by atoms with Crippen molar-refractivity contribution in [3.63, 3.8) is 0 Å². The van der Waals surface area contributed by atoms with Crippen LogP contribution in [0.5, 0.6) is 0 Å². The van der Waals surface area contributed by atoms with Crippen molar-refractivity contribution in [1.82, 2.24) is 10.2 Å². The summed E-state index contributed by atoms with van der Waals surface area (Å²) in [6.07, 6.45) is 1.64. The first-order chi connectivity index (χ1) is 20.2. The number of carbonyl (C=O) groups excluding carboxylic acids is 2. The normalized spacial score (nSPS) is 16.9. The lowest BCUT2D eigenvalue weighted by Crippen LogP contribution is -2.38. The zero-order valence-corrected chi connectivity index (χ0v) is 24.5. The van der Waals surface area contributed by atoms with Crippen LogP contribution in [0.2, 0.25) is 0 Å². The van der Waals surface area contributed by atoms with Crippen molar-refractivity contribution in [3.8, 4) is 6.07 Å². The molecule has 0 radical (unpaired) electrons. The van der Waals surface area contributed by atoms with Crippen molar-refractivity contribution in [1.29, 1.82) is 5.26 Å². The molecule has 13 heteroatoms. The molecule has 214 valence electrons. The molecule has 11 nitrogen and oxygen atoms in total. The summed E-state index contributed by atoms with van der Waals surface area (Å²) in [5.74, 6) is -0.396. The summed E-state index contributed by atoms with van der Waals surface area (Å²) in [4.78, 5) is 38.0. The molecule has 5 rings (SSSR count). The van der Waals surface area contributed by atoms with Gasteiger partial charge in [-0.25, -0.2) is 0 Å². The second kappa shape index (κ2) is 12.1. The van der Waals surface area contributed by atoms with Crippen LogP contribution in [0.4, 0.5) is 16.5 Å². The number of rotatable bonds is 8. The first-order valence-electron chi connectivity index (χ1n) is 13.2. The molecule has 0 fully saturated rings. The smallest absolute Gasteiger partial charge is 0.271 e. The van der Waals surface area contributed by atoms with Gasteiger partial charge in [-0.15, -0.1) is 10.2 Å². The number of Topliss-reactive ketones (excluding diaryl/α,β-unsaturated/α-hetero) is 1.